The Labute approximate surface area is 122 Å². The van der Waals surface area contributed by atoms with Crippen LogP contribution in [0, 0.1) is 0 Å². The number of fused-ring (bicyclic) bond motifs is 1. The van der Waals surface area contributed by atoms with E-state index in [1.54, 1.807) is 0 Å². The number of imide groups is 1. The van der Waals surface area contributed by atoms with Crippen molar-refractivity contribution in [1.82, 2.24) is 4.90 Å². The number of benzene rings is 1. The van der Waals surface area contributed by atoms with E-state index < -0.39 is 11.9 Å². The first-order chi connectivity index (χ1) is 9.91. The van der Waals surface area contributed by atoms with E-state index in [9.17, 15) is 14.4 Å². The van der Waals surface area contributed by atoms with Crippen LogP contribution in [0.3, 0.4) is 0 Å². The molecule has 1 aliphatic rings. The van der Waals surface area contributed by atoms with Crippen molar-refractivity contribution in [2.24, 2.45) is 0 Å². The molecule has 2 amide bonds. The van der Waals surface area contributed by atoms with Gasteiger partial charge in [0.2, 0.25) is 0 Å². The fourth-order valence-corrected chi connectivity index (χ4v) is 2.17. The standard InChI is InChI=1S/C15H17NO5/c1-9(2)21-7-3-6-16-13(17)11-5-4-10(15(19)20)8-12(11)14(16)18/h4-5,8-9H,3,6-7H2,1-2H3,(H,19,20). The minimum Gasteiger partial charge on any atom is -0.478 e. The quantitative estimate of drug-likeness (QED) is 0.638. The first-order valence-corrected chi connectivity index (χ1v) is 6.77. The van der Waals surface area contributed by atoms with Crippen molar-refractivity contribution in [2.45, 2.75) is 26.4 Å². The average Bonchev–Trinajstić information content (AvgIpc) is 2.67. The molecular weight excluding hydrogens is 274 g/mol. The zero-order valence-electron chi connectivity index (χ0n) is 12.0. The number of hydrogen-bond donors (Lipinski definition) is 1. The molecule has 1 aromatic carbocycles. The Morgan fingerprint density at radius 1 is 1.24 bits per heavy atom. The lowest BCUT2D eigenvalue weighted by atomic mass is 10.1. The third-order valence-corrected chi connectivity index (χ3v) is 3.19. The first-order valence-electron chi connectivity index (χ1n) is 6.77. The number of amides is 2. The molecule has 0 atom stereocenters. The molecule has 0 fully saturated rings. The van der Waals surface area contributed by atoms with Gasteiger partial charge in [0.25, 0.3) is 11.8 Å². The highest BCUT2D eigenvalue weighted by molar-refractivity contribution is 6.21. The molecule has 1 aliphatic heterocycles. The van der Waals surface area contributed by atoms with Crippen molar-refractivity contribution >= 4 is 17.8 Å². The summed E-state index contributed by atoms with van der Waals surface area (Å²) >= 11 is 0. The number of carbonyl (C=O) groups is 3. The van der Waals surface area contributed by atoms with Gasteiger partial charge in [-0.2, -0.15) is 0 Å². The number of carbonyl (C=O) groups excluding carboxylic acids is 2. The topological polar surface area (TPSA) is 83.9 Å². The number of ether oxygens (including phenoxy) is 1. The predicted molar refractivity (Wildman–Crippen MR) is 74.5 cm³/mol. The van der Waals surface area contributed by atoms with Crippen LogP contribution in [0.25, 0.3) is 0 Å². The van der Waals surface area contributed by atoms with Crippen molar-refractivity contribution in [3.8, 4) is 0 Å². The van der Waals surface area contributed by atoms with Crippen molar-refractivity contribution in [2.75, 3.05) is 13.2 Å². The number of nitrogens with zero attached hydrogens (tertiary/aromatic N) is 1. The summed E-state index contributed by atoms with van der Waals surface area (Å²) in [5.74, 6) is -1.94. The second-order valence-electron chi connectivity index (χ2n) is 5.10. The summed E-state index contributed by atoms with van der Waals surface area (Å²) in [6.07, 6.45) is 0.653. The number of hydrogen-bond acceptors (Lipinski definition) is 4. The van der Waals surface area contributed by atoms with E-state index in [1.807, 2.05) is 13.8 Å². The largest absolute Gasteiger partial charge is 0.478 e. The summed E-state index contributed by atoms with van der Waals surface area (Å²) in [5.41, 5.74) is 0.416. The molecule has 6 nitrogen and oxygen atoms in total. The molecule has 0 unspecified atom stereocenters. The van der Waals surface area contributed by atoms with Gasteiger partial charge < -0.3 is 9.84 Å². The van der Waals surface area contributed by atoms with E-state index in [4.69, 9.17) is 9.84 Å². The first kappa shape index (κ1) is 15.2. The molecule has 1 heterocycles. The molecule has 0 spiro atoms. The highest BCUT2D eigenvalue weighted by Crippen LogP contribution is 2.24. The molecule has 1 N–H and O–H groups in total. The van der Waals surface area contributed by atoms with Crippen LogP contribution < -0.4 is 0 Å². The maximum Gasteiger partial charge on any atom is 0.335 e. The van der Waals surface area contributed by atoms with Gasteiger partial charge in [-0.15, -0.1) is 0 Å². The maximum absolute atomic E-state index is 12.2. The van der Waals surface area contributed by atoms with Gasteiger partial charge in [-0.05, 0) is 38.5 Å². The Morgan fingerprint density at radius 3 is 2.52 bits per heavy atom. The van der Waals surface area contributed by atoms with Crippen molar-refractivity contribution < 1.29 is 24.2 Å². The molecular formula is C15H17NO5. The van der Waals surface area contributed by atoms with Gasteiger partial charge in [0.15, 0.2) is 0 Å². The third-order valence-electron chi connectivity index (χ3n) is 3.19. The zero-order valence-corrected chi connectivity index (χ0v) is 12.0. The van der Waals surface area contributed by atoms with Gasteiger partial charge >= 0.3 is 5.97 Å². The zero-order chi connectivity index (χ0) is 15.6. The Morgan fingerprint density at radius 2 is 1.90 bits per heavy atom. The molecule has 2 rings (SSSR count). The second kappa shape index (κ2) is 6.05. The highest BCUT2D eigenvalue weighted by atomic mass is 16.5. The van der Waals surface area contributed by atoms with Gasteiger partial charge in [0.1, 0.15) is 0 Å². The number of rotatable bonds is 6. The minimum absolute atomic E-state index is 0.000101. The highest BCUT2D eigenvalue weighted by Gasteiger charge is 2.35. The summed E-state index contributed by atoms with van der Waals surface area (Å²) in [4.78, 5) is 36.4. The summed E-state index contributed by atoms with van der Waals surface area (Å²) in [6.45, 7) is 4.55. The van der Waals surface area contributed by atoms with Gasteiger partial charge in [-0.3, -0.25) is 14.5 Å². The number of carboxylic acids is 1. The lowest BCUT2D eigenvalue weighted by molar-refractivity contribution is 0.0566. The van der Waals surface area contributed by atoms with E-state index in [2.05, 4.69) is 0 Å². The van der Waals surface area contributed by atoms with E-state index in [-0.39, 0.29) is 35.2 Å². The normalized spacial score (nSPS) is 14.0. The van der Waals surface area contributed by atoms with Gasteiger partial charge in [0, 0.05) is 13.2 Å². The smallest absolute Gasteiger partial charge is 0.335 e. The van der Waals surface area contributed by atoms with E-state index in [0.717, 1.165) is 4.90 Å². The van der Waals surface area contributed by atoms with Crippen molar-refractivity contribution in [3.63, 3.8) is 0 Å². The van der Waals surface area contributed by atoms with Gasteiger partial charge in [-0.1, -0.05) is 0 Å². The minimum atomic E-state index is -1.12. The van der Waals surface area contributed by atoms with E-state index in [0.29, 0.717) is 13.0 Å². The van der Waals surface area contributed by atoms with E-state index in [1.165, 1.54) is 18.2 Å². The molecule has 0 saturated carbocycles. The number of carboxylic acid groups (broad SMARTS) is 1. The summed E-state index contributed by atoms with van der Waals surface area (Å²) in [5, 5.41) is 8.93. The Hall–Kier alpha value is -2.21. The number of aromatic carboxylic acids is 1. The molecule has 0 bridgehead atoms. The SMILES string of the molecule is CC(C)OCCCN1C(=O)c2ccc(C(=O)O)cc2C1=O. The van der Waals surface area contributed by atoms with Crippen molar-refractivity contribution in [1.29, 1.82) is 0 Å². The molecule has 0 aromatic heterocycles. The van der Waals surface area contributed by atoms with Gasteiger partial charge in [-0.25, -0.2) is 4.79 Å². The van der Waals surface area contributed by atoms with Crippen LogP contribution in [0.5, 0.6) is 0 Å². The van der Waals surface area contributed by atoms with Gasteiger partial charge in [0.05, 0.1) is 22.8 Å². The lowest BCUT2D eigenvalue weighted by Gasteiger charge is -2.14. The fourth-order valence-electron chi connectivity index (χ4n) is 2.17. The molecule has 112 valence electrons. The maximum atomic E-state index is 12.2. The van der Waals surface area contributed by atoms with Crippen LogP contribution in [0.2, 0.25) is 0 Å². The van der Waals surface area contributed by atoms with Crippen LogP contribution in [-0.2, 0) is 4.74 Å². The predicted octanol–water partition coefficient (Wildman–Crippen LogP) is 1.80. The van der Waals surface area contributed by atoms with Crippen LogP contribution in [0.1, 0.15) is 51.3 Å². The van der Waals surface area contributed by atoms with Crippen LogP contribution in [0.15, 0.2) is 18.2 Å². The summed E-state index contributed by atoms with van der Waals surface area (Å²) in [6, 6.07) is 3.98. The summed E-state index contributed by atoms with van der Waals surface area (Å²) < 4.78 is 5.37. The Bertz CT molecular complexity index is 594. The van der Waals surface area contributed by atoms with Crippen LogP contribution >= 0.6 is 0 Å². The molecule has 1 aromatic rings. The molecule has 0 radical (unpaired) electrons. The Balaban J connectivity index is 2.09. The summed E-state index contributed by atoms with van der Waals surface area (Å²) in [7, 11) is 0. The Kier molecular flexibility index (Phi) is 4.37. The van der Waals surface area contributed by atoms with Crippen LogP contribution in [-0.4, -0.2) is 47.0 Å². The molecule has 0 aliphatic carbocycles. The molecule has 0 saturated heterocycles. The third kappa shape index (κ3) is 3.11. The lowest BCUT2D eigenvalue weighted by Crippen LogP contribution is -2.31. The van der Waals surface area contributed by atoms with Crippen LogP contribution in [0.4, 0.5) is 0 Å². The molecule has 21 heavy (non-hydrogen) atoms. The monoisotopic (exact) mass is 291 g/mol. The van der Waals surface area contributed by atoms with E-state index >= 15 is 0 Å². The average molecular weight is 291 g/mol. The fraction of sp³-hybridized carbons (Fsp3) is 0.400. The second-order valence-corrected chi connectivity index (χ2v) is 5.10. The van der Waals surface area contributed by atoms with Crippen molar-refractivity contribution in [3.05, 3.63) is 34.9 Å². The molecule has 6 heteroatoms.